The van der Waals surface area contributed by atoms with Crippen LogP contribution in [0.1, 0.15) is 46.0 Å². The highest BCUT2D eigenvalue weighted by atomic mass is 16.2. The molecular weight excluding hydrogens is 254 g/mol. The van der Waals surface area contributed by atoms with Gasteiger partial charge in [-0.2, -0.15) is 0 Å². The molecular formula is C15H27N3O2. The maximum Gasteiger partial charge on any atom is 0.225 e. The third-order valence-electron chi connectivity index (χ3n) is 4.13. The van der Waals surface area contributed by atoms with Gasteiger partial charge in [0.05, 0.1) is 5.92 Å². The molecule has 2 amide bonds. The molecule has 2 aliphatic heterocycles. The second kappa shape index (κ2) is 6.57. The molecule has 1 unspecified atom stereocenters. The molecule has 1 atom stereocenters. The van der Waals surface area contributed by atoms with Gasteiger partial charge >= 0.3 is 0 Å². The van der Waals surface area contributed by atoms with Crippen molar-refractivity contribution in [3.8, 4) is 0 Å². The number of hydrogen-bond donors (Lipinski definition) is 2. The molecule has 0 aromatic rings. The number of nitrogens with one attached hydrogen (secondary N) is 2. The lowest BCUT2D eigenvalue weighted by Crippen LogP contribution is -2.53. The van der Waals surface area contributed by atoms with Crippen LogP contribution in [0.5, 0.6) is 0 Å². The van der Waals surface area contributed by atoms with Crippen LogP contribution in [0.4, 0.5) is 0 Å². The zero-order valence-electron chi connectivity index (χ0n) is 12.7. The molecule has 2 aliphatic rings. The average Bonchev–Trinajstić information content (AvgIpc) is 2.64. The Bertz CT molecular complexity index is 360. The third-order valence-corrected chi connectivity index (χ3v) is 4.13. The molecule has 2 saturated heterocycles. The van der Waals surface area contributed by atoms with Crippen molar-refractivity contribution >= 4 is 11.8 Å². The minimum Gasteiger partial charge on any atom is -0.355 e. The predicted octanol–water partition coefficient (Wildman–Crippen LogP) is 0.893. The van der Waals surface area contributed by atoms with Crippen LogP contribution in [0.15, 0.2) is 0 Å². The van der Waals surface area contributed by atoms with E-state index in [-0.39, 0.29) is 23.3 Å². The van der Waals surface area contributed by atoms with Gasteiger partial charge in [0.15, 0.2) is 0 Å². The first-order valence-corrected chi connectivity index (χ1v) is 7.77. The summed E-state index contributed by atoms with van der Waals surface area (Å²) >= 11 is 0. The van der Waals surface area contributed by atoms with Crippen LogP contribution < -0.4 is 10.6 Å². The molecule has 114 valence electrons. The number of likely N-dealkylation sites (tertiary alicyclic amines) is 1. The van der Waals surface area contributed by atoms with Crippen LogP contribution in [0, 0.1) is 5.92 Å². The van der Waals surface area contributed by atoms with Crippen molar-refractivity contribution in [1.82, 2.24) is 15.5 Å². The lowest BCUT2D eigenvalue weighted by molar-refractivity contribution is -0.128. The fourth-order valence-corrected chi connectivity index (χ4v) is 3.12. The normalized spacial score (nSPS) is 25.1. The van der Waals surface area contributed by atoms with Crippen molar-refractivity contribution in [2.75, 3.05) is 26.2 Å². The van der Waals surface area contributed by atoms with Crippen LogP contribution in [0.25, 0.3) is 0 Å². The van der Waals surface area contributed by atoms with Crippen LogP contribution in [-0.2, 0) is 9.59 Å². The SMILES string of the molecule is CC(C)(CN1CCCCCC1)NC(=O)C1CNC(=O)C1. The number of hydrogen-bond acceptors (Lipinski definition) is 3. The topological polar surface area (TPSA) is 61.4 Å². The second-order valence-corrected chi connectivity index (χ2v) is 6.77. The van der Waals surface area contributed by atoms with Crippen LogP contribution >= 0.6 is 0 Å². The Morgan fingerprint density at radius 3 is 2.50 bits per heavy atom. The number of nitrogens with zero attached hydrogens (tertiary/aromatic N) is 1. The van der Waals surface area contributed by atoms with Crippen molar-refractivity contribution in [2.24, 2.45) is 5.92 Å². The van der Waals surface area contributed by atoms with Gasteiger partial charge in [-0.25, -0.2) is 0 Å². The molecule has 2 rings (SSSR count). The van der Waals surface area contributed by atoms with Crippen LogP contribution in [0.2, 0.25) is 0 Å². The fourth-order valence-electron chi connectivity index (χ4n) is 3.12. The summed E-state index contributed by atoms with van der Waals surface area (Å²) in [7, 11) is 0. The van der Waals surface area contributed by atoms with Crippen molar-refractivity contribution in [3.63, 3.8) is 0 Å². The van der Waals surface area contributed by atoms with Gasteiger partial charge in [0.25, 0.3) is 0 Å². The first-order chi connectivity index (χ1) is 9.46. The van der Waals surface area contributed by atoms with E-state index in [2.05, 4.69) is 29.4 Å². The zero-order chi connectivity index (χ0) is 14.6. The van der Waals surface area contributed by atoms with Gasteiger partial charge in [-0.1, -0.05) is 12.8 Å². The van der Waals surface area contributed by atoms with Crippen molar-refractivity contribution < 1.29 is 9.59 Å². The summed E-state index contributed by atoms with van der Waals surface area (Å²) in [5.74, 6) is -0.218. The molecule has 0 spiro atoms. The van der Waals surface area contributed by atoms with Gasteiger partial charge < -0.3 is 15.5 Å². The predicted molar refractivity (Wildman–Crippen MR) is 78.2 cm³/mol. The number of rotatable bonds is 4. The van der Waals surface area contributed by atoms with E-state index in [4.69, 9.17) is 0 Å². The highest BCUT2D eigenvalue weighted by molar-refractivity contribution is 5.89. The fraction of sp³-hybridized carbons (Fsp3) is 0.867. The summed E-state index contributed by atoms with van der Waals surface area (Å²) in [5, 5.41) is 5.83. The molecule has 5 heteroatoms. The summed E-state index contributed by atoms with van der Waals surface area (Å²) in [4.78, 5) is 25.8. The maximum absolute atomic E-state index is 12.2. The smallest absolute Gasteiger partial charge is 0.225 e. The van der Waals surface area contributed by atoms with Crippen LogP contribution in [-0.4, -0.2) is 48.4 Å². The van der Waals surface area contributed by atoms with E-state index < -0.39 is 0 Å². The van der Waals surface area contributed by atoms with Crippen molar-refractivity contribution in [2.45, 2.75) is 51.5 Å². The molecule has 2 fully saturated rings. The molecule has 0 aromatic carbocycles. The van der Waals surface area contributed by atoms with Gasteiger partial charge in [0, 0.05) is 25.0 Å². The molecule has 20 heavy (non-hydrogen) atoms. The summed E-state index contributed by atoms with van der Waals surface area (Å²) in [5.41, 5.74) is -0.243. The van der Waals surface area contributed by atoms with Crippen molar-refractivity contribution in [1.29, 1.82) is 0 Å². The maximum atomic E-state index is 12.2. The standard InChI is InChI=1S/C15H27N3O2/c1-15(2,11-18-7-5-3-4-6-8-18)17-14(20)12-9-13(19)16-10-12/h12H,3-11H2,1-2H3,(H,16,19)(H,17,20). The van der Waals surface area contributed by atoms with Gasteiger partial charge in [0.1, 0.15) is 0 Å². The first-order valence-electron chi connectivity index (χ1n) is 7.77. The first kappa shape index (κ1) is 15.3. The lowest BCUT2D eigenvalue weighted by atomic mass is 10.0. The van der Waals surface area contributed by atoms with E-state index >= 15 is 0 Å². The van der Waals surface area contributed by atoms with E-state index in [0.29, 0.717) is 13.0 Å². The second-order valence-electron chi connectivity index (χ2n) is 6.77. The molecule has 2 heterocycles. The minimum absolute atomic E-state index is 0.00294. The Kier molecular flexibility index (Phi) is 5.02. The molecule has 0 aromatic heterocycles. The Morgan fingerprint density at radius 1 is 1.30 bits per heavy atom. The number of carbonyl (C=O) groups is 2. The summed E-state index contributed by atoms with van der Waals surface area (Å²) in [6, 6.07) is 0. The Balaban J connectivity index is 1.82. The monoisotopic (exact) mass is 281 g/mol. The highest BCUT2D eigenvalue weighted by Gasteiger charge is 2.32. The molecule has 0 bridgehead atoms. The third kappa shape index (κ3) is 4.47. The Hall–Kier alpha value is -1.10. The highest BCUT2D eigenvalue weighted by Crippen LogP contribution is 2.15. The molecule has 5 nitrogen and oxygen atoms in total. The average molecular weight is 281 g/mol. The van der Waals surface area contributed by atoms with Gasteiger partial charge in [-0.15, -0.1) is 0 Å². The quantitative estimate of drug-likeness (QED) is 0.804. The number of amides is 2. The zero-order valence-corrected chi connectivity index (χ0v) is 12.7. The molecule has 0 saturated carbocycles. The molecule has 2 N–H and O–H groups in total. The lowest BCUT2D eigenvalue weighted by Gasteiger charge is -2.33. The van der Waals surface area contributed by atoms with Gasteiger partial charge in [0.2, 0.25) is 11.8 Å². The van der Waals surface area contributed by atoms with Gasteiger partial charge in [-0.3, -0.25) is 9.59 Å². The van der Waals surface area contributed by atoms with Gasteiger partial charge in [-0.05, 0) is 39.8 Å². The summed E-state index contributed by atoms with van der Waals surface area (Å²) in [6.45, 7) is 7.75. The van der Waals surface area contributed by atoms with E-state index in [1.54, 1.807) is 0 Å². The Labute approximate surface area is 121 Å². The molecule has 0 radical (unpaired) electrons. The van der Waals surface area contributed by atoms with Crippen LogP contribution in [0.3, 0.4) is 0 Å². The van der Waals surface area contributed by atoms with E-state index in [0.717, 1.165) is 19.6 Å². The minimum atomic E-state index is -0.243. The van der Waals surface area contributed by atoms with E-state index in [1.165, 1.54) is 25.7 Å². The van der Waals surface area contributed by atoms with E-state index in [9.17, 15) is 9.59 Å². The van der Waals surface area contributed by atoms with Crippen molar-refractivity contribution in [3.05, 3.63) is 0 Å². The Morgan fingerprint density at radius 2 is 1.95 bits per heavy atom. The summed E-state index contributed by atoms with van der Waals surface area (Å²) < 4.78 is 0. The largest absolute Gasteiger partial charge is 0.355 e. The molecule has 0 aliphatic carbocycles. The summed E-state index contributed by atoms with van der Waals surface area (Å²) in [6.07, 6.45) is 5.47. The number of carbonyl (C=O) groups excluding carboxylic acids is 2. The van der Waals surface area contributed by atoms with E-state index in [1.807, 2.05) is 0 Å².